The summed E-state index contributed by atoms with van der Waals surface area (Å²) in [5, 5.41) is 2.13. The number of imide groups is 1. The van der Waals surface area contributed by atoms with E-state index in [1.807, 2.05) is 0 Å². The van der Waals surface area contributed by atoms with Gasteiger partial charge in [0, 0.05) is 4.47 Å². The number of rotatable bonds is 9. The standard InChI is InChI=1S/C23H21BrN2O7S/c1-3-32-18-10-14(8-9-17(18)33-13-21(28)31-2)11-19-22(29)26(23(30)34-19)12-20(27)25-16-7-5-4-6-15(16)24/h4-11H,3,12-13H2,1-2H3,(H,25,27)/b19-11+. The van der Waals surface area contributed by atoms with Crippen molar-refractivity contribution in [3.05, 3.63) is 57.4 Å². The van der Waals surface area contributed by atoms with Crippen LogP contribution in [0.5, 0.6) is 11.5 Å². The summed E-state index contributed by atoms with van der Waals surface area (Å²) in [5.41, 5.74) is 1.12. The lowest BCUT2D eigenvalue weighted by Gasteiger charge is -2.13. The van der Waals surface area contributed by atoms with Gasteiger partial charge in [0.25, 0.3) is 11.1 Å². The Kier molecular flexibility index (Phi) is 8.72. The average Bonchev–Trinajstić information content (AvgIpc) is 3.07. The van der Waals surface area contributed by atoms with Crippen molar-refractivity contribution in [1.82, 2.24) is 4.90 Å². The van der Waals surface area contributed by atoms with E-state index in [9.17, 15) is 19.2 Å². The Morgan fingerprint density at radius 1 is 1.12 bits per heavy atom. The Bertz CT molecular complexity index is 1150. The van der Waals surface area contributed by atoms with Crippen LogP contribution >= 0.6 is 27.7 Å². The summed E-state index contributed by atoms with van der Waals surface area (Å²) in [4.78, 5) is 50.0. The zero-order chi connectivity index (χ0) is 24.7. The molecule has 3 rings (SSSR count). The van der Waals surface area contributed by atoms with Gasteiger partial charge in [-0.25, -0.2) is 4.79 Å². The predicted octanol–water partition coefficient (Wildman–Crippen LogP) is 4.07. The monoisotopic (exact) mass is 548 g/mol. The van der Waals surface area contributed by atoms with E-state index in [2.05, 4.69) is 26.0 Å². The Morgan fingerprint density at radius 3 is 2.59 bits per heavy atom. The number of hydrogen-bond donors (Lipinski definition) is 1. The normalized spacial score (nSPS) is 14.3. The highest BCUT2D eigenvalue weighted by Crippen LogP contribution is 2.34. The Balaban J connectivity index is 1.72. The van der Waals surface area contributed by atoms with E-state index in [1.54, 1.807) is 49.4 Å². The number of anilines is 1. The molecule has 0 spiro atoms. The van der Waals surface area contributed by atoms with Crippen LogP contribution in [-0.4, -0.2) is 54.8 Å². The molecule has 1 saturated heterocycles. The fourth-order valence-corrected chi connectivity index (χ4v) is 4.10. The molecule has 2 aromatic carbocycles. The first-order valence-electron chi connectivity index (χ1n) is 10.1. The van der Waals surface area contributed by atoms with Crippen molar-refractivity contribution in [3.8, 4) is 11.5 Å². The second-order valence-corrected chi connectivity index (χ2v) is 8.65. The van der Waals surface area contributed by atoms with Crippen LogP contribution in [0.4, 0.5) is 10.5 Å². The minimum atomic E-state index is -0.568. The van der Waals surface area contributed by atoms with Crippen LogP contribution in [0.25, 0.3) is 6.08 Å². The molecule has 0 aliphatic carbocycles. The molecule has 178 valence electrons. The molecule has 0 bridgehead atoms. The van der Waals surface area contributed by atoms with Gasteiger partial charge in [-0.15, -0.1) is 0 Å². The molecule has 0 atom stereocenters. The summed E-state index contributed by atoms with van der Waals surface area (Å²) < 4.78 is 16.2. The van der Waals surface area contributed by atoms with Crippen LogP contribution in [0.2, 0.25) is 0 Å². The van der Waals surface area contributed by atoms with Gasteiger partial charge < -0.3 is 19.5 Å². The maximum absolute atomic E-state index is 12.8. The van der Waals surface area contributed by atoms with E-state index >= 15 is 0 Å². The SMILES string of the molecule is CCOc1cc(/C=C2/SC(=O)N(CC(=O)Nc3ccccc3Br)C2=O)ccc1OCC(=O)OC. The van der Waals surface area contributed by atoms with Gasteiger partial charge in [0.15, 0.2) is 18.1 Å². The zero-order valence-electron chi connectivity index (χ0n) is 18.3. The van der Waals surface area contributed by atoms with Crippen molar-refractivity contribution in [2.24, 2.45) is 0 Å². The topological polar surface area (TPSA) is 111 Å². The van der Waals surface area contributed by atoms with Crippen LogP contribution in [0, 0.1) is 0 Å². The lowest BCUT2D eigenvalue weighted by Crippen LogP contribution is -2.36. The molecule has 1 fully saturated rings. The van der Waals surface area contributed by atoms with Gasteiger partial charge in [-0.1, -0.05) is 18.2 Å². The van der Waals surface area contributed by atoms with E-state index in [4.69, 9.17) is 9.47 Å². The number of para-hydroxylation sites is 1. The molecule has 9 nitrogen and oxygen atoms in total. The smallest absolute Gasteiger partial charge is 0.343 e. The second kappa shape index (κ2) is 11.7. The van der Waals surface area contributed by atoms with Crippen LogP contribution in [0.3, 0.4) is 0 Å². The lowest BCUT2D eigenvalue weighted by molar-refractivity contribution is -0.143. The average molecular weight is 549 g/mol. The maximum Gasteiger partial charge on any atom is 0.343 e. The molecule has 34 heavy (non-hydrogen) atoms. The van der Waals surface area contributed by atoms with E-state index in [1.165, 1.54) is 13.2 Å². The number of nitrogens with zero attached hydrogens (tertiary/aromatic N) is 1. The van der Waals surface area contributed by atoms with Gasteiger partial charge in [0.05, 0.1) is 24.3 Å². The third-order valence-electron chi connectivity index (χ3n) is 4.46. The lowest BCUT2D eigenvalue weighted by atomic mass is 10.2. The molecule has 2 aromatic rings. The largest absolute Gasteiger partial charge is 0.490 e. The third kappa shape index (κ3) is 6.39. The Labute approximate surface area is 208 Å². The molecule has 0 aromatic heterocycles. The zero-order valence-corrected chi connectivity index (χ0v) is 20.7. The molecule has 1 aliphatic heterocycles. The van der Waals surface area contributed by atoms with Crippen LogP contribution in [0.1, 0.15) is 12.5 Å². The number of methoxy groups -OCH3 is 1. The summed E-state index contributed by atoms with van der Waals surface area (Å²) >= 11 is 4.08. The minimum Gasteiger partial charge on any atom is -0.490 e. The first-order valence-corrected chi connectivity index (χ1v) is 11.7. The Hall–Kier alpha value is -3.31. The predicted molar refractivity (Wildman–Crippen MR) is 131 cm³/mol. The summed E-state index contributed by atoms with van der Waals surface area (Å²) in [5.74, 6) is -0.903. The highest BCUT2D eigenvalue weighted by Gasteiger charge is 2.36. The molecular weight excluding hydrogens is 528 g/mol. The number of carbonyl (C=O) groups excluding carboxylic acids is 4. The molecule has 3 amide bonds. The molecule has 0 saturated carbocycles. The fourth-order valence-electron chi connectivity index (χ4n) is 2.88. The minimum absolute atomic E-state index is 0.171. The highest BCUT2D eigenvalue weighted by atomic mass is 79.9. The molecule has 0 radical (unpaired) electrons. The molecule has 11 heteroatoms. The molecule has 1 N–H and O–H groups in total. The summed E-state index contributed by atoms with van der Waals surface area (Å²) in [6, 6.07) is 11.9. The molecular formula is C23H21BrN2O7S. The summed E-state index contributed by atoms with van der Waals surface area (Å²) in [7, 11) is 1.26. The van der Waals surface area contributed by atoms with E-state index in [0.29, 0.717) is 33.8 Å². The van der Waals surface area contributed by atoms with Gasteiger partial charge in [-0.2, -0.15) is 0 Å². The van der Waals surface area contributed by atoms with Crippen molar-refractivity contribution in [1.29, 1.82) is 0 Å². The number of thioether (sulfide) groups is 1. The first-order chi connectivity index (χ1) is 16.3. The van der Waals surface area contributed by atoms with Crippen LogP contribution in [0.15, 0.2) is 51.8 Å². The summed E-state index contributed by atoms with van der Waals surface area (Å²) in [6.45, 7) is 1.45. The first kappa shape index (κ1) is 25.3. The second-order valence-electron chi connectivity index (χ2n) is 6.80. The van der Waals surface area contributed by atoms with E-state index < -0.39 is 29.6 Å². The highest BCUT2D eigenvalue weighted by molar-refractivity contribution is 9.10. The molecule has 0 unspecified atom stereocenters. The number of benzene rings is 2. The quantitative estimate of drug-likeness (QED) is 0.368. The van der Waals surface area contributed by atoms with Crippen molar-refractivity contribution in [2.45, 2.75) is 6.92 Å². The van der Waals surface area contributed by atoms with Crippen molar-refractivity contribution < 1.29 is 33.4 Å². The number of ether oxygens (including phenoxy) is 3. The van der Waals surface area contributed by atoms with E-state index in [-0.39, 0.29) is 11.5 Å². The van der Waals surface area contributed by atoms with Crippen molar-refractivity contribution in [2.75, 3.05) is 32.2 Å². The number of esters is 1. The maximum atomic E-state index is 12.8. The Morgan fingerprint density at radius 2 is 1.88 bits per heavy atom. The number of amides is 3. The number of halogens is 1. The number of carbonyl (C=O) groups is 4. The number of hydrogen-bond acceptors (Lipinski definition) is 8. The van der Waals surface area contributed by atoms with Crippen molar-refractivity contribution >= 4 is 62.5 Å². The number of nitrogens with one attached hydrogen (secondary N) is 1. The fraction of sp³-hybridized carbons (Fsp3) is 0.217. The third-order valence-corrected chi connectivity index (χ3v) is 6.06. The molecule has 1 aliphatic rings. The van der Waals surface area contributed by atoms with Gasteiger partial charge in [0.1, 0.15) is 6.54 Å². The van der Waals surface area contributed by atoms with Crippen molar-refractivity contribution in [3.63, 3.8) is 0 Å². The van der Waals surface area contributed by atoms with Gasteiger partial charge in [-0.05, 0) is 70.5 Å². The van der Waals surface area contributed by atoms with E-state index in [0.717, 1.165) is 16.7 Å². The van der Waals surface area contributed by atoms with Crippen LogP contribution in [-0.2, 0) is 19.1 Å². The molecule has 1 heterocycles. The van der Waals surface area contributed by atoms with Gasteiger partial charge in [-0.3, -0.25) is 19.3 Å². The van der Waals surface area contributed by atoms with Crippen LogP contribution < -0.4 is 14.8 Å². The van der Waals surface area contributed by atoms with Gasteiger partial charge in [0.2, 0.25) is 5.91 Å². The van der Waals surface area contributed by atoms with Gasteiger partial charge >= 0.3 is 5.97 Å². The summed E-state index contributed by atoms with van der Waals surface area (Å²) in [6.07, 6.45) is 1.53.